The monoisotopic (exact) mass is 185 g/mol. The molecule has 12 heavy (non-hydrogen) atoms. The minimum absolute atomic E-state index is 0.151. The summed E-state index contributed by atoms with van der Waals surface area (Å²) in [6, 6.07) is -0.151. The molecule has 0 amide bonds. The van der Waals surface area contributed by atoms with Crippen molar-refractivity contribution in [2.75, 3.05) is 0 Å². The fourth-order valence-corrected chi connectivity index (χ4v) is 1.88. The van der Waals surface area contributed by atoms with Gasteiger partial charge in [0, 0.05) is 11.4 Å². The molecular formula is C8H11NO2S. The molecule has 0 fully saturated rings. The number of rotatable bonds is 3. The normalized spacial score (nSPS) is 12.8. The van der Waals surface area contributed by atoms with Crippen molar-refractivity contribution in [3.8, 4) is 0 Å². The van der Waals surface area contributed by atoms with E-state index in [1.807, 2.05) is 6.92 Å². The molecule has 3 nitrogen and oxygen atoms in total. The Morgan fingerprint density at radius 2 is 2.42 bits per heavy atom. The molecular weight excluding hydrogens is 174 g/mol. The smallest absolute Gasteiger partial charge is 0.336 e. The van der Waals surface area contributed by atoms with Crippen LogP contribution < -0.4 is 5.73 Å². The lowest BCUT2D eigenvalue weighted by molar-refractivity contribution is 0.0695. The van der Waals surface area contributed by atoms with Gasteiger partial charge in [-0.05, 0) is 17.4 Å². The minimum Gasteiger partial charge on any atom is -0.478 e. The quantitative estimate of drug-likeness (QED) is 0.755. The zero-order chi connectivity index (χ0) is 9.14. The van der Waals surface area contributed by atoms with Crippen molar-refractivity contribution in [3.63, 3.8) is 0 Å². The Hall–Kier alpha value is -0.870. The van der Waals surface area contributed by atoms with Gasteiger partial charge in [0.2, 0.25) is 0 Å². The van der Waals surface area contributed by atoms with Crippen LogP contribution in [0.5, 0.6) is 0 Å². The molecule has 0 aliphatic rings. The van der Waals surface area contributed by atoms with Crippen molar-refractivity contribution in [2.24, 2.45) is 5.73 Å². The number of carboxylic acid groups (broad SMARTS) is 1. The number of hydrogen-bond acceptors (Lipinski definition) is 3. The van der Waals surface area contributed by atoms with E-state index in [-0.39, 0.29) is 6.04 Å². The van der Waals surface area contributed by atoms with Crippen molar-refractivity contribution in [3.05, 3.63) is 21.9 Å². The van der Waals surface area contributed by atoms with Gasteiger partial charge in [0.1, 0.15) is 0 Å². The summed E-state index contributed by atoms with van der Waals surface area (Å²) in [6.07, 6.45) is 0.761. The van der Waals surface area contributed by atoms with Gasteiger partial charge in [-0.15, -0.1) is 0 Å². The van der Waals surface area contributed by atoms with Crippen LogP contribution in [-0.2, 0) is 0 Å². The maximum Gasteiger partial charge on any atom is 0.336 e. The Morgan fingerprint density at radius 1 is 1.75 bits per heavy atom. The van der Waals surface area contributed by atoms with Gasteiger partial charge in [0.05, 0.1) is 5.56 Å². The van der Waals surface area contributed by atoms with Gasteiger partial charge in [-0.1, -0.05) is 6.92 Å². The fraction of sp³-hybridized carbons (Fsp3) is 0.375. The molecule has 3 N–H and O–H groups in total. The number of aromatic carboxylic acids is 1. The third-order valence-electron chi connectivity index (χ3n) is 1.76. The lowest BCUT2D eigenvalue weighted by atomic mass is 10.1. The van der Waals surface area contributed by atoms with Crippen molar-refractivity contribution in [1.29, 1.82) is 0 Å². The molecule has 0 radical (unpaired) electrons. The van der Waals surface area contributed by atoms with Crippen LogP contribution >= 0.6 is 11.3 Å². The van der Waals surface area contributed by atoms with E-state index in [0.29, 0.717) is 5.56 Å². The van der Waals surface area contributed by atoms with E-state index < -0.39 is 5.97 Å². The van der Waals surface area contributed by atoms with Crippen molar-refractivity contribution < 1.29 is 9.90 Å². The third-order valence-corrected chi connectivity index (χ3v) is 2.52. The summed E-state index contributed by atoms with van der Waals surface area (Å²) < 4.78 is 0. The highest BCUT2D eigenvalue weighted by Crippen LogP contribution is 2.22. The molecule has 0 bridgehead atoms. The van der Waals surface area contributed by atoms with Crippen LogP contribution in [0.4, 0.5) is 0 Å². The largest absolute Gasteiger partial charge is 0.478 e. The van der Waals surface area contributed by atoms with Crippen molar-refractivity contribution in [1.82, 2.24) is 0 Å². The van der Waals surface area contributed by atoms with Crippen LogP contribution in [0.15, 0.2) is 10.8 Å². The fourth-order valence-electron chi connectivity index (χ4n) is 0.988. The molecule has 0 unspecified atom stereocenters. The molecule has 1 aromatic rings. The van der Waals surface area contributed by atoms with E-state index in [0.717, 1.165) is 12.0 Å². The number of hydrogen-bond donors (Lipinski definition) is 2. The Bertz CT molecular complexity index is 282. The number of nitrogens with two attached hydrogens (primary N) is 1. The first-order chi connectivity index (χ1) is 5.66. The molecule has 1 rings (SSSR count). The molecule has 0 spiro atoms. The lowest BCUT2D eigenvalue weighted by Crippen LogP contribution is -2.11. The van der Waals surface area contributed by atoms with Crippen LogP contribution in [0.1, 0.15) is 35.3 Å². The van der Waals surface area contributed by atoms with E-state index in [1.54, 1.807) is 10.8 Å². The molecule has 4 heteroatoms. The number of carboxylic acids is 1. The van der Waals surface area contributed by atoms with Crippen LogP contribution in [-0.4, -0.2) is 11.1 Å². The predicted octanol–water partition coefficient (Wildman–Crippen LogP) is 1.86. The molecule has 1 aromatic heterocycles. The van der Waals surface area contributed by atoms with Gasteiger partial charge >= 0.3 is 5.97 Å². The Labute approximate surface area is 74.8 Å². The first-order valence-electron chi connectivity index (χ1n) is 3.71. The second-order valence-corrected chi connectivity index (χ2v) is 3.30. The first kappa shape index (κ1) is 9.22. The number of carbonyl (C=O) groups is 1. The Morgan fingerprint density at radius 3 is 2.92 bits per heavy atom. The van der Waals surface area contributed by atoms with Gasteiger partial charge in [-0.3, -0.25) is 0 Å². The molecule has 66 valence electrons. The third kappa shape index (κ3) is 1.65. The van der Waals surface area contributed by atoms with E-state index in [2.05, 4.69) is 0 Å². The highest BCUT2D eigenvalue weighted by Gasteiger charge is 2.15. The molecule has 0 saturated carbocycles. The van der Waals surface area contributed by atoms with Crippen molar-refractivity contribution >= 4 is 17.3 Å². The molecule has 1 atom stereocenters. The maximum absolute atomic E-state index is 10.7. The summed E-state index contributed by atoms with van der Waals surface area (Å²) in [5.74, 6) is -0.893. The zero-order valence-corrected chi connectivity index (χ0v) is 7.60. The second kappa shape index (κ2) is 3.69. The van der Waals surface area contributed by atoms with Crippen LogP contribution in [0, 0.1) is 0 Å². The topological polar surface area (TPSA) is 63.3 Å². The molecule has 0 aromatic carbocycles. The molecule has 0 saturated heterocycles. The zero-order valence-electron chi connectivity index (χ0n) is 6.78. The van der Waals surface area contributed by atoms with Gasteiger partial charge < -0.3 is 10.8 Å². The highest BCUT2D eigenvalue weighted by atomic mass is 32.1. The van der Waals surface area contributed by atoms with Crippen LogP contribution in [0.2, 0.25) is 0 Å². The summed E-state index contributed by atoms with van der Waals surface area (Å²) >= 11 is 1.38. The van der Waals surface area contributed by atoms with Gasteiger partial charge in [0.15, 0.2) is 0 Å². The van der Waals surface area contributed by atoms with E-state index >= 15 is 0 Å². The minimum atomic E-state index is -0.893. The summed E-state index contributed by atoms with van der Waals surface area (Å²) in [7, 11) is 0. The first-order valence-corrected chi connectivity index (χ1v) is 4.66. The van der Waals surface area contributed by atoms with E-state index in [4.69, 9.17) is 10.8 Å². The van der Waals surface area contributed by atoms with Gasteiger partial charge in [-0.2, -0.15) is 11.3 Å². The second-order valence-electron chi connectivity index (χ2n) is 2.56. The maximum atomic E-state index is 10.7. The van der Waals surface area contributed by atoms with Crippen LogP contribution in [0.25, 0.3) is 0 Å². The lowest BCUT2D eigenvalue weighted by Gasteiger charge is -2.06. The molecule has 1 heterocycles. The SMILES string of the molecule is CC[C@H](N)c1cscc1C(=O)O. The summed E-state index contributed by atoms with van der Waals surface area (Å²) in [4.78, 5) is 10.7. The Kier molecular flexibility index (Phi) is 2.83. The standard InChI is InChI=1S/C8H11NO2S/c1-2-7(9)5-3-12-4-6(5)8(10)11/h3-4,7H,2,9H2,1H3,(H,10,11)/t7-/m0/s1. The van der Waals surface area contributed by atoms with Crippen molar-refractivity contribution in [2.45, 2.75) is 19.4 Å². The number of thiophene rings is 1. The van der Waals surface area contributed by atoms with Gasteiger partial charge in [0.25, 0.3) is 0 Å². The average Bonchev–Trinajstić information content (AvgIpc) is 2.50. The van der Waals surface area contributed by atoms with E-state index in [9.17, 15) is 4.79 Å². The summed E-state index contributed by atoms with van der Waals surface area (Å²) in [5, 5.41) is 12.2. The molecule has 0 aliphatic heterocycles. The molecule has 0 aliphatic carbocycles. The summed E-state index contributed by atoms with van der Waals surface area (Å²) in [6.45, 7) is 1.94. The van der Waals surface area contributed by atoms with E-state index in [1.165, 1.54) is 11.3 Å². The average molecular weight is 185 g/mol. The summed E-state index contributed by atoms with van der Waals surface area (Å²) in [5.41, 5.74) is 6.81. The van der Waals surface area contributed by atoms with Gasteiger partial charge in [-0.25, -0.2) is 4.79 Å². The van der Waals surface area contributed by atoms with Crippen LogP contribution in [0.3, 0.4) is 0 Å². The Balaban J connectivity index is 2.98. The highest BCUT2D eigenvalue weighted by molar-refractivity contribution is 7.08. The predicted molar refractivity (Wildman–Crippen MR) is 48.5 cm³/mol.